The Morgan fingerprint density at radius 1 is 1.26 bits per heavy atom. The van der Waals surface area contributed by atoms with E-state index in [0.717, 1.165) is 43.9 Å². The third-order valence-corrected chi connectivity index (χ3v) is 5.34. The minimum Gasteiger partial charge on any atom is -0.352 e. The second-order valence-electron chi connectivity index (χ2n) is 7.64. The zero-order chi connectivity index (χ0) is 19.2. The second kappa shape index (κ2) is 9.15. The predicted octanol–water partition coefficient (Wildman–Crippen LogP) is 2.21. The Kier molecular flexibility index (Phi) is 6.63. The first-order chi connectivity index (χ1) is 13.0. The molecule has 0 unspecified atom stereocenters. The number of amides is 1. The molecule has 1 aliphatic heterocycles. The molecule has 1 N–H and O–H groups in total. The van der Waals surface area contributed by atoms with E-state index in [-0.39, 0.29) is 5.91 Å². The molecule has 2 heterocycles. The first-order valence-corrected chi connectivity index (χ1v) is 9.81. The Bertz CT molecular complexity index is 749. The number of aryl methyl sites for hydroxylation is 1. The number of rotatable bonds is 7. The number of carbonyl (C=O) groups is 1. The number of hydrogen-bond donors (Lipinski definition) is 1. The second-order valence-corrected chi connectivity index (χ2v) is 7.64. The van der Waals surface area contributed by atoms with Gasteiger partial charge in [0.05, 0.1) is 11.9 Å². The zero-order valence-corrected chi connectivity index (χ0v) is 16.7. The summed E-state index contributed by atoms with van der Waals surface area (Å²) in [5.41, 5.74) is 3.25. The third kappa shape index (κ3) is 5.65. The Morgan fingerprint density at radius 3 is 2.78 bits per heavy atom. The Balaban J connectivity index is 1.42. The monoisotopic (exact) mass is 369 g/mol. The van der Waals surface area contributed by atoms with Crippen LogP contribution < -0.4 is 5.32 Å². The normalized spacial score (nSPS) is 17.0. The number of likely N-dealkylation sites (N-methyl/N-ethyl adjacent to an activating group) is 1. The number of carbonyl (C=O) groups excluding carboxylic acids is 1. The number of piperazine rings is 1. The highest BCUT2D eigenvalue weighted by Crippen LogP contribution is 2.12. The summed E-state index contributed by atoms with van der Waals surface area (Å²) in [5.74, 6) is 0.110. The van der Waals surface area contributed by atoms with Gasteiger partial charge in [-0.3, -0.25) is 9.69 Å². The maximum atomic E-state index is 12.2. The molecule has 27 heavy (non-hydrogen) atoms. The van der Waals surface area contributed by atoms with Crippen molar-refractivity contribution in [3.05, 3.63) is 47.8 Å². The van der Waals surface area contributed by atoms with E-state index in [0.29, 0.717) is 19.0 Å². The van der Waals surface area contributed by atoms with Crippen LogP contribution in [0.2, 0.25) is 0 Å². The van der Waals surface area contributed by atoms with Crippen LogP contribution in [0.4, 0.5) is 0 Å². The molecule has 6 heteroatoms. The summed E-state index contributed by atoms with van der Waals surface area (Å²) in [5, 5.41) is 7.42. The lowest BCUT2D eigenvalue weighted by molar-refractivity contribution is -0.121. The molecule has 1 fully saturated rings. The van der Waals surface area contributed by atoms with Gasteiger partial charge >= 0.3 is 0 Å². The SMILES string of the molecule is Cc1cccc(-n2cc(CNC(=O)CC[C@H](C)N3CCN(C)CC3)cn2)c1. The van der Waals surface area contributed by atoms with Crippen LogP contribution in [-0.2, 0) is 11.3 Å². The molecule has 0 radical (unpaired) electrons. The fraction of sp³-hybridized carbons (Fsp3) is 0.524. The maximum absolute atomic E-state index is 12.2. The van der Waals surface area contributed by atoms with Crippen LogP contribution in [0, 0.1) is 6.92 Å². The molecule has 1 saturated heterocycles. The van der Waals surface area contributed by atoms with Gasteiger partial charge in [0.15, 0.2) is 0 Å². The summed E-state index contributed by atoms with van der Waals surface area (Å²) in [4.78, 5) is 17.1. The Morgan fingerprint density at radius 2 is 2.04 bits per heavy atom. The van der Waals surface area contributed by atoms with Gasteiger partial charge in [0, 0.05) is 56.9 Å². The fourth-order valence-corrected chi connectivity index (χ4v) is 3.44. The van der Waals surface area contributed by atoms with Gasteiger partial charge in [0.2, 0.25) is 5.91 Å². The molecule has 0 aliphatic carbocycles. The zero-order valence-electron chi connectivity index (χ0n) is 16.7. The number of hydrogen-bond acceptors (Lipinski definition) is 4. The summed E-state index contributed by atoms with van der Waals surface area (Å²) >= 11 is 0. The summed E-state index contributed by atoms with van der Waals surface area (Å²) in [6, 6.07) is 8.66. The van der Waals surface area contributed by atoms with Crippen molar-refractivity contribution >= 4 is 5.91 Å². The molecule has 1 amide bonds. The fourth-order valence-electron chi connectivity index (χ4n) is 3.44. The van der Waals surface area contributed by atoms with Gasteiger partial charge in [0.1, 0.15) is 0 Å². The van der Waals surface area contributed by atoms with Crippen LogP contribution in [0.3, 0.4) is 0 Å². The van der Waals surface area contributed by atoms with E-state index in [1.165, 1.54) is 5.56 Å². The molecule has 146 valence electrons. The highest BCUT2D eigenvalue weighted by atomic mass is 16.1. The van der Waals surface area contributed by atoms with E-state index in [2.05, 4.69) is 53.2 Å². The van der Waals surface area contributed by atoms with Crippen molar-refractivity contribution < 1.29 is 4.79 Å². The van der Waals surface area contributed by atoms with Gasteiger partial charge in [-0.25, -0.2) is 4.68 Å². The summed E-state index contributed by atoms with van der Waals surface area (Å²) < 4.78 is 1.85. The number of nitrogens with one attached hydrogen (secondary N) is 1. The van der Waals surface area contributed by atoms with E-state index in [9.17, 15) is 4.79 Å². The molecule has 1 aromatic carbocycles. The Labute approximate surface area is 162 Å². The summed E-state index contributed by atoms with van der Waals surface area (Å²) in [6.45, 7) is 9.23. The number of nitrogens with zero attached hydrogens (tertiary/aromatic N) is 4. The maximum Gasteiger partial charge on any atom is 0.220 e. The van der Waals surface area contributed by atoms with Crippen molar-refractivity contribution in [3.63, 3.8) is 0 Å². The van der Waals surface area contributed by atoms with Crippen molar-refractivity contribution in [2.75, 3.05) is 33.2 Å². The minimum absolute atomic E-state index is 0.110. The standard InChI is InChI=1S/C21H31N5O/c1-17-5-4-6-20(13-17)26-16-19(15-23-26)14-22-21(27)8-7-18(2)25-11-9-24(3)10-12-25/h4-6,13,15-16,18H,7-12,14H2,1-3H3,(H,22,27)/t18-/m0/s1. The van der Waals surface area contributed by atoms with E-state index < -0.39 is 0 Å². The predicted molar refractivity (Wildman–Crippen MR) is 108 cm³/mol. The van der Waals surface area contributed by atoms with Crippen molar-refractivity contribution in [2.24, 2.45) is 0 Å². The van der Waals surface area contributed by atoms with Crippen molar-refractivity contribution in [3.8, 4) is 5.69 Å². The van der Waals surface area contributed by atoms with Gasteiger partial charge in [-0.2, -0.15) is 5.10 Å². The van der Waals surface area contributed by atoms with Crippen LogP contribution in [-0.4, -0.2) is 64.8 Å². The van der Waals surface area contributed by atoms with Gasteiger partial charge in [-0.05, 0) is 45.0 Å². The van der Waals surface area contributed by atoms with Crippen molar-refractivity contribution in [1.29, 1.82) is 0 Å². The van der Waals surface area contributed by atoms with E-state index >= 15 is 0 Å². The lowest BCUT2D eigenvalue weighted by Gasteiger charge is -2.36. The van der Waals surface area contributed by atoms with E-state index in [1.54, 1.807) is 0 Å². The highest BCUT2D eigenvalue weighted by molar-refractivity contribution is 5.75. The van der Waals surface area contributed by atoms with Crippen LogP contribution in [0.25, 0.3) is 5.69 Å². The van der Waals surface area contributed by atoms with E-state index in [1.807, 2.05) is 29.2 Å². The average molecular weight is 370 g/mol. The molecule has 2 aromatic rings. The lowest BCUT2D eigenvalue weighted by atomic mass is 10.1. The van der Waals surface area contributed by atoms with Gasteiger partial charge in [0.25, 0.3) is 0 Å². The average Bonchev–Trinajstić information content (AvgIpc) is 3.14. The van der Waals surface area contributed by atoms with Crippen LogP contribution in [0.1, 0.15) is 30.9 Å². The lowest BCUT2D eigenvalue weighted by Crippen LogP contribution is -2.48. The first-order valence-electron chi connectivity index (χ1n) is 9.81. The summed E-state index contributed by atoms with van der Waals surface area (Å²) in [6.07, 6.45) is 5.26. The van der Waals surface area contributed by atoms with Crippen molar-refractivity contribution in [2.45, 2.75) is 39.3 Å². The third-order valence-electron chi connectivity index (χ3n) is 5.34. The van der Waals surface area contributed by atoms with Crippen LogP contribution >= 0.6 is 0 Å². The molecule has 3 rings (SSSR count). The molecular weight excluding hydrogens is 338 g/mol. The van der Waals surface area contributed by atoms with Crippen molar-refractivity contribution in [1.82, 2.24) is 24.9 Å². The molecular formula is C21H31N5O. The topological polar surface area (TPSA) is 53.4 Å². The molecule has 1 aromatic heterocycles. The summed E-state index contributed by atoms with van der Waals surface area (Å²) in [7, 11) is 2.16. The van der Waals surface area contributed by atoms with Crippen LogP contribution in [0.15, 0.2) is 36.7 Å². The molecule has 0 spiro atoms. The van der Waals surface area contributed by atoms with Gasteiger partial charge < -0.3 is 10.2 Å². The largest absolute Gasteiger partial charge is 0.352 e. The number of aromatic nitrogens is 2. The Hall–Kier alpha value is -2.18. The van der Waals surface area contributed by atoms with Crippen LogP contribution in [0.5, 0.6) is 0 Å². The van der Waals surface area contributed by atoms with E-state index in [4.69, 9.17) is 0 Å². The molecule has 1 aliphatic rings. The highest BCUT2D eigenvalue weighted by Gasteiger charge is 2.19. The molecule has 0 bridgehead atoms. The number of benzene rings is 1. The smallest absolute Gasteiger partial charge is 0.220 e. The van der Waals surface area contributed by atoms with Gasteiger partial charge in [-0.1, -0.05) is 12.1 Å². The molecule has 0 saturated carbocycles. The minimum atomic E-state index is 0.110. The van der Waals surface area contributed by atoms with Gasteiger partial charge in [-0.15, -0.1) is 0 Å². The quantitative estimate of drug-likeness (QED) is 0.813. The molecule has 6 nitrogen and oxygen atoms in total. The first kappa shape index (κ1) is 19.6. The molecule has 1 atom stereocenters.